The number of carbonyl (C=O) groups excluding carboxylic acids is 1. The highest BCUT2D eigenvalue weighted by Crippen LogP contribution is 2.21. The molecule has 0 atom stereocenters. The number of ether oxygens (including phenoxy) is 1. The lowest BCUT2D eigenvalue weighted by Crippen LogP contribution is -2.44. The molecule has 0 aliphatic rings. The van der Waals surface area contributed by atoms with Gasteiger partial charge in [-0.2, -0.15) is 0 Å². The molecule has 0 radical (unpaired) electrons. The number of carbonyl (C=O) groups is 1. The van der Waals surface area contributed by atoms with Crippen molar-refractivity contribution in [2.45, 2.75) is 32.7 Å². The zero-order valence-electron chi connectivity index (χ0n) is 10.7. The maximum absolute atomic E-state index is 13.0. The minimum absolute atomic E-state index is 0.0818. The van der Waals surface area contributed by atoms with Crippen molar-refractivity contribution in [3.63, 3.8) is 0 Å². The molecule has 0 saturated heterocycles. The summed E-state index contributed by atoms with van der Waals surface area (Å²) in [6.07, 6.45) is 0.834. The van der Waals surface area contributed by atoms with Crippen LogP contribution >= 0.6 is 15.9 Å². The summed E-state index contributed by atoms with van der Waals surface area (Å²) in [5.41, 5.74) is -0.246. The van der Waals surface area contributed by atoms with Crippen LogP contribution in [0.25, 0.3) is 0 Å². The van der Waals surface area contributed by atoms with Crippen LogP contribution in [0.2, 0.25) is 0 Å². The molecular formula is C13H17BrFNO2. The topological polar surface area (TPSA) is 38.3 Å². The Labute approximate surface area is 115 Å². The lowest BCUT2D eigenvalue weighted by Gasteiger charge is -2.24. The third-order valence-corrected chi connectivity index (χ3v) is 3.23. The number of hydrogen-bond acceptors (Lipinski definition) is 2. The Kier molecular flexibility index (Phi) is 5.14. The average molecular weight is 318 g/mol. The van der Waals surface area contributed by atoms with E-state index in [0.29, 0.717) is 10.2 Å². The van der Waals surface area contributed by atoms with Crippen molar-refractivity contribution < 1.29 is 13.9 Å². The second kappa shape index (κ2) is 6.18. The number of nitrogens with one attached hydrogen (secondary N) is 1. The molecule has 1 amide bonds. The van der Waals surface area contributed by atoms with Gasteiger partial charge in [0.1, 0.15) is 11.6 Å². The molecule has 0 saturated carbocycles. The fourth-order valence-corrected chi connectivity index (χ4v) is 1.58. The van der Waals surface area contributed by atoms with E-state index in [4.69, 9.17) is 4.74 Å². The van der Waals surface area contributed by atoms with E-state index in [1.54, 1.807) is 0 Å². The smallest absolute Gasteiger partial charge is 0.258 e. The number of amides is 1. The van der Waals surface area contributed by atoms with E-state index in [-0.39, 0.29) is 23.9 Å². The van der Waals surface area contributed by atoms with Gasteiger partial charge in [0.25, 0.3) is 5.91 Å². The van der Waals surface area contributed by atoms with Crippen LogP contribution in [-0.2, 0) is 4.79 Å². The van der Waals surface area contributed by atoms with Gasteiger partial charge in [0.15, 0.2) is 6.61 Å². The highest BCUT2D eigenvalue weighted by Gasteiger charge is 2.17. The summed E-state index contributed by atoms with van der Waals surface area (Å²) >= 11 is 3.06. The van der Waals surface area contributed by atoms with Crippen molar-refractivity contribution in [1.29, 1.82) is 0 Å². The zero-order valence-corrected chi connectivity index (χ0v) is 12.3. The standard InChI is InChI=1S/C13H17BrFNO2/c1-4-13(2,3)16-12(17)8-18-9-5-6-11(15)10(14)7-9/h5-7H,4,8H2,1-3H3,(H,16,17). The molecular weight excluding hydrogens is 301 g/mol. The average Bonchev–Trinajstić information content (AvgIpc) is 2.30. The Morgan fingerprint density at radius 1 is 1.50 bits per heavy atom. The summed E-state index contributed by atoms with van der Waals surface area (Å²) in [5, 5.41) is 2.85. The van der Waals surface area contributed by atoms with Crippen molar-refractivity contribution in [3.8, 4) is 5.75 Å². The molecule has 0 aliphatic heterocycles. The molecule has 0 aliphatic carbocycles. The van der Waals surface area contributed by atoms with Crippen molar-refractivity contribution in [2.75, 3.05) is 6.61 Å². The highest BCUT2D eigenvalue weighted by molar-refractivity contribution is 9.10. The third kappa shape index (κ3) is 4.64. The summed E-state index contributed by atoms with van der Waals surface area (Å²) < 4.78 is 18.6. The minimum atomic E-state index is -0.362. The Balaban J connectivity index is 2.50. The molecule has 1 N–H and O–H groups in total. The van der Waals surface area contributed by atoms with E-state index >= 15 is 0 Å². The second-order valence-electron chi connectivity index (χ2n) is 4.65. The van der Waals surface area contributed by atoms with Crippen molar-refractivity contribution in [1.82, 2.24) is 5.32 Å². The maximum atomic E-state index is 13.0. The third-order valence-electron chi connectivity index (χ3n) is 2.62. The summed E-state index contributed by atoms with van der Waals surface area (Å²) in [4.78, 5) is 11.6. The predicted octanol–water partition coefficient (Wildman–Crippen LogP) is 3.27. The highest BCUT2D eigenvalue weighted by atomic mass is 79.9. The molecule has 0 unspecified atom stereocenters. The van der Waals surface area contributed by atoms with Crippen LogP contribution in [0.5, 0.6) is 5.75 Å². The molecule has 100 valence electrons. The first-order chi connectivity index (χ1) is 8.34. The van der Waals surface area contributed by atoms with Crippen LogP contribution in [0.15, 0.2) is 22.7 Å². The van der Waals surface area contributed by atoms with Gasteiger partial charge in [-0.25, -0.2) is 4.39 Å². The van der Waals surface area contributed by atoms with Crippen LogP contribution in [0.4, 0.5) is 4.39 Å². The Hall–Kier alpha value is -1.10. The normalized spacial score (nSPS) is 11.2. The van der Waals surface area contributed by atoms with Gasteiger partial charge in [-0.3, -0.25) is 4.79 Å². The van der Waals surface area contributed by atoms with Crippen LogP contribution < -0.4 is 10.1 Å². The largest absolute Gasteiger partial charge is 0.484 e. The first kappa shape index (κ1) is 15.0. The Morgan fingerprint density at radius 2 is 2.17 bits per heavy atom. The van der Waals surface area contributed by atoms with E-state index in [0.717, 1.165) is 6.42 Å². The molecule has 1 aromatic rings. The Bertz CT molecular complexity index is 435. The van der Waals surface area contributed by atoms with Crippen molar-refractivity contribution in [3.05, 3.63) is 28.5 Å². The summed E-state index contributed by atoms with van der Waals surface area (Å²) in [7, 11) is 0. The summed E-state index contributed by atoms with van der Waals surface area (Å²) in [5.74, 6) is -0.103. The van der Waals surface area contributed by atoms with E-state index in [1.165, 1.54) is 18.2 Å². The lowest BCUT2D eigenvalue weighted by atomic mass is 10.0. The first-order valence-corrected chi connectivity index (χ1v) is 6.52. The molecule has 0 bridgehead atoms. The SMILES string of the molecule is CCC(C)(C)NC(=O)COc1ccc(F)c(Br)c1. The van der Waals surface area contributed by atoms with Gasteiger partial charge in [-0.05, 0) is 54.4 Å². The van der Waals surface area contributed by atoms with Gasteiger partial charge in [0.2, 0.25) is 0 Å². The molecule has 0 spiro atoms. The monoisotopic (exact) mass is 317 g/mol. The maximum Gasteiger partial charge on any atom is 0.258 e. The fourth-order valence-electron chi connectivity index (χ4n) is 1.22. The number of hydrogen-bond donors (Lipinski definition) is 1. The molecule has 5 heteroatoms. The van der Waals surface area contributed by atoms with Crippen LogP contribution in [0, 0.1) is 5.82 Å². The van der Waals surface area contributed by atoms with E-state index in [9.17, 15) is 9.18 Å². The van der Waals surface area contributed by atoms with Crippen LogP contribution in [-0.4, -0.2) is 18.1 Å². The van der Waals surface area contributed by atoms with Gasteiger partial charge in [0.05, 0.1) is 4.47 Å². The van der Waals surface area contributed by atoms with Crippen molar-refractivity contribution in [2.24, 2.45) is 0 Å². The van der Waals surface area contributed by atoms with Crippen LogP contribution in [0.1, 0.15) is 27.2 Å². The zero-order chi connectivity index (χ0) is 13.8. The molecule has 18 heavy (non-hydrogen) atoms. The molecule has 0 fully saturated rings. The summed E-state index contributed by atoms with van der Waals surface area (Å²) in [6.45, 7) is 5.80. The second-order valence-corrected chi connectivity index (χ2v) is 5.50. The summed E-state index contributed by atoms with van der Waals surface area (Å²) in [6, 6.07) is 4.26. The van der Waals surface area contributed by atoms with E-state index in [2.05, 4.69) is 21.2 Å². The van der Waals surface area contributed by atoms with Gasteiger partial charge in [-0.15, -0.1) is 0 Å². The molecule has 0 heterocycles. The van der Waals surface area contributed by atoms with Gasteiger partial charge < -0.3 is 10.1 Å². The van der Waals surface area contributed by atoms with Crippen LogP contribution in [0.3, 0.4) is 0 Å². The van der Waals surface area contributed by atoms with E-state index < -0.39 is 0 Å². The van der Waals surface area contributed by atoms with Gasteiger partial charge in [-0.1, -0.05) is 6.92 Å². The van der Waals surface area contributed by atoms with Gasteiger partial charge >= 0.3 is 0 Å². The van der Waals surface area contributed by atoms with Crippen molar-refractivity contribution >= 4 is 21.8 Å². The number of benzene rings is 1. The molecule has 1 rings (SSSR count). The van der Waals surface area contributed by atoms with Gasteiger partial charge in [0, 0.05) is 5.54 Å². The number of halogens is 2. The molecule has 0 aromatic heterocycles. The predicted molar refractivity (Wildman–Crippen MR) is 72.1 cm³/mol. The molecule has 1 aromatic carbocycles. The lowest BCUT2D eigenvalue weighted by molar-refractivity contribution is -0.124. The minimum Gasteiger partial charge on any atom is -0.484 e. The fraction of sp³-hybridized carbons (Fsp3) is 0.462. The Morgan fingerprint density at radius 3 is 2.72 bits per heavy atom. The number of rotatable bonds is 5. The molecule has 3 nitrogen and oxygen atoms in total. The first-order valence-electron chi connectivity index (χ1n) is 5.73. The quantitative estimate of drug-likeness (QED) is 0.905. The van der Waals surface area contributed by atoms with E-state index in [1.807, 2.05) is 20.8 Å².